The van der Waals surface area contributed by atoms with Gasteiger partial charge in [-0.3, -0.25) is 10.1 Å². The monoisotopic (exact) mass is 231 g/mol. The molecule has 3 amide bonds. The van der Waals surface area contributed by atoms with E-state index in [0.29, 0.717) is 0 Å². The highest BCUT2D eigenvalue weighted by atomic mass is 32.2. The van der Waals surface area contributed by atoms with Crippen LogP contribution >= 0.6 is 23.1 Å². The number of imide groups is 1. The summed E-state index contributed by atoms with van der Waals surface area (Å²) in [5.74, 6) is -0.258. The molecule has 0 aliphatic heterocycles. The molecule has 0 radical (unpaired) electrons. The van der Waals surface area contributed by atoms with E-state index in [1.807, 2.05) is 17.6 Å². The van der Waals surface area contributed by atoms with Crippen LogP contribution < -0.4 is 11.1 Å². The second-order valence-corrected chi connectivity index (χ2v) is 4.54. The van der Waals surface area contributed by atoms with Gasteiger partial charge in [-0.25, -0.2) is 9.78 Å². The van der Waals surface area contributed by atoms with E-state index in [2.05, 4.69) is 4.98 Å². The number of nitrogens with two attached hydrogens (primary N) is 1. The van der Waals surface area contributed by atoms with E-state index in [4.69, 9.17) is 5.73 Å². The molecule has 14 heavy (non-hydrogen) atoms. The highest BCUT2D eigenvalue weighted by Gasteiger charge is 2.06. The van der Waals surface area contributed by atoms with Gasteiger partial charge in [0.15, 0.2) is 4.34 Å². The van der Waals surface area contributed by atoms with Crippen LogP contribution in [0.5, 0.6) is 0 Å². The first-order valence-electron chi connectivity index (χ1n) is 3.72. The molecule has 1 aromatic heterocycles. The molecule has 0 bridgehead atoms. The summed E-state index contributed by atoms with van der Waals surface area (Å²) < 4.78 is 0.808. The van der Waals surface area contributed by atoms with Crippen LogP contribution in [0.4, 0.5) is 4.79 Å². The lowest BCUT2D eigenvalue weighted by molar-refractivity contribution is -0.117. The Kier molecular flexibility index (Phi) is 3.90. The van der Waals surface area contributed by atoms with Crippen molar-refractivity contribution in [3.8, 4) is 0 Å². The molecular weight excluding hydrogens is 222 g/mol. The van der Waals surface area contributed by atoms with Gasteiger partial charge in [0.05, 0.1) is 5.75 Å². The van der Waals surface area contributed by atoms with Crippen LogP contribution in [0.3, 0.4) is 0 Å². The summed E-state index contributed by atoms with van der Waals surface area (Å²) in [6.45, 7) is 1.88. The number of carbonyl (C=O) groups excluding carboxylic acids is 2. The molecule has 0 unspecified atom stereocenters. The molecule has 0 aliphatic carbocycles. The first-order valence-corrected chi connectivity index (χ1v) is 5.58. The van der Waals surface area contributed by atoms with Crippen LogP contribution in [0.25, 0.3) is 0 Å². The summed E-state index contributed by atoms with van der Waals surface area (Å²) in [5, 5.41) is 3.87. The Morgan fingerprint density at radius 3 is 2.93 bits per heavy atom. The predicted molar refractivity (Wildman–Crippen MR) is 55.3 cm³/mol. The van der Waals surface area contributed by atoms with Gasteiger partial charge in [-0.15, -0.1) is 11.3 Å². The average molecular weight is 231 g/mol. The quantitative estimate of drug-likeness (QED) is 0.751. The number of thiazole rings is 1. The summed E-state index contributed by atoms with van der Waals surface area (Å²) >= 11 is 2.75. The highest BCUT2D eigenvalue weighted by molar-refractivity contribution is 8.01. The van der Waals surface area contributed by atoms with Crippen molar-refractivity contribution in [3.63, 3.8) is 0 Å². The summed E-state index contributed by atoms with van der Waals surface area (Å²) in [4.78, 5) is 25.4. The van der Waals surface area contributed by atoms with Crippen LogP contribution in [-0.4, -0.2) is 22.7 Å². The number of hydrogen-bond donors (Lipinski definition) is 2. The normalized spacial score (nSPS) is 9.79. The molecule has 7 heteroatoms. The van der Waals surface area contributed by atoms with Crippen molar-refractivity contribution in [1.29, 1.82) is 0 Å². The zero-order valence-electron chi connectivity index (χ0n) is 7.44. The predicted octanol–water partition coefficient (Wildman–Crippen LogP) is 0.739. The zero-order chi connectivity index (χ0) is 10.6. The molecule has 0 saturated heterocycles. The molecular formula is C7H9N3O2S2. The van der Waals surface area contributed by atoms with Gasteiger partial charge in [-0.2, -0.15) is 0 Å². The highest BCUT2D eigenvalue weighted by Crippen LogP contribution is 2.21. The molecule has 76 valence electrons. The Morgan fingerprint density at radius 1 is 1.71 bits per heavy atom. The summed E-state index contributed by atoms with van der Waals surface area (Å²) in [5.41, 5.74) is 5.70. The number of primary amides is 1. The Labute approximate surface area is 89.1 Å². The minimum atomic E-state index is -0.828. The van der Waals surface area contributed by atoms with Crippen molar-refractivity contribution in [2.75, 3.05) is 5.75 Å². The van der Waals surface area contributed by atoms with Gasteiger partial charge < -0.3 is 5.73 Å². The Hall–Kier alpha value is -1.08. The Balaban J connectivity index is 2.34. The average Bonchev–Trinajstić information content (AvgIpc) is 2.47. The minimum Gasteiger partial charge on any atom is -0.351 e. The largest absolute Gasteiger partial charge is 0.351 e. The van der Waals surface area contributed by atoms with Gasteiger partial charge >= 0.3 is 6.03 Å². The lowest BCUT2D eigenvalue weighted by Gasteiger charge is -1.97. The van der Waals surface area contributed by atoms with Gasteiger partial charge in [-0.1, -0.05) is 11.8 Å². The second kappa shape index (κ2) is 4.97. The van der Waals surface area contributed by atoms with Crippen molar-refractivity contribution in [1.82, 2.24) is 10.3 Å². The lowest BCUT2D eigenvalue weighted by atomic mass is 10.6. The lowest BCUT2D eigenvalue weighted by Crippen LogP contribution is -2.36. The van der Waals surface area contributed by atoms with Crippen LogP contribution in [0, 0.1) is 6.92 Å². The summed E-state index contributed by atoms with van der Waals surface area (Å²) in [7, 11) is 0. The standard InChI is InChI=1S/C7H9N3O2S2/c1-4-2-13-7(9-4)14-3-5(11)10-6(8)12/h2H,3H2,1H3,(H3,8,10,11,12). The molecule has 0 fully saturated rings. The number of aryl methyl sites for hydroxylation is 1. The van der Waals surface area contributed by atoms with Crippen molar-refractivity contribution < 1.29 is 9.59 Å². The van der Waals surface area contributed by atoms with Crippen LogP contribution in [0.2, 0.25) is 0 Å². The third kappa shape index (κ3) is 3.75. The van der Waals surface area contributed by atoms with E-state index in [1.54, 1.807) is 0 Å². The van der Waals surface area contributed by atoms with E-state index in [1.165, 1.54) is 23.1 Å². The van der Waals surface area contributed by atoms with Gasteiger partial charge in [0.1, 0.15) is 0 Å². The smallest absolute Gasteiger partial charge is 0.318 e. The summed E-state index contributed by atoms with van der Waals surface area (Å²) in [6, 6.07) is -0.828. The fourth-order valence-electron chi connectivity index (χ4n) is 0.699. The van der Waals surface area contributed by atoms with Gasteiger partial charge in [0.2, 0.25) is 5.91 Å². The van der Waals surface area contributed by atoms with E-state index < -0.39 is 11.9 Å². The number of hydrogen-bond acceptors (Lipinski definition) is 5. The number of thioether (sulfide) groups is 1. The SMILES string of the molecule is Cc1csc(SCC(=O)NC(N)=O)n1. The number of amides is 3. The van der Waals surface area contributed by atoms with Crippen molar-refractivity contribution in [3.05, 3.63) is 11.1 Å². The second-order valence-electron chi connectivity index (χ2n) is 2.46. The zero-order valence-corrected chi connectivity index (χ0v) is 9.08. The maximum Gasteiger partial charge on any atom is 0.318 e. The molecule has 0 aromatic carbocycles. The van der Waals surface area contributed by atoms with Gasteiger partial charge in [-0.05, 0) is 6.92 Å². The first kappa shape index (κ1) is 11.0. The van der Waals surface area contributed by atoms with E-state index in [9.17, 15) is 9.59 Å². The van der Waals surface area contributed by atoms with Gasteiger partial charge in [0, 0.05) is 11.1 Å². The van der Waals surface area contributed by atoms with Crippen molar-refractivity contribution in [2.45, 2.75) is 11.3 Å². The molecule has 1 rings (SSSR count). The maximum absolute atomic E-state index is 11.0. The fourth-order valence-corrected chi connectivity index (χ4v) is 2.35. The molecule has 1 aromatic rings. The number of carbonyl (C=O) groups is 2. The number of aromatic nitrogens is 1. The van der Waals surface area contributed by atoms with Crippen LogP contribution in [0.15, 0.2) is 9.72 Å². The minimum absolute atomic E-state index is 0.149. The van der Waals surface area contributed by atoms with Gasteiger partial charge in [0.25, 0.3) is 0 Å². The molecule has 1 heterocycles. The Morgan fingerprint density at radius 2 is 2.43 bits per heavy atom. The number of urea groups is 1. The van der Waals surface area contributed by atoms with Crippen molar-refractivity contribution >= 4 is 35.0 Å². The van der Waals surface area contributed by atoms with E-state index in [-0.39, 0.29) is 5.75 Å². The van der Waals surface area contributed by atoms with Crippen LogP contribution in [-0.2, 0) is 4.79 Å². The molecule has 5 nitrogen and oxygen atoms in total. The molecule has 0 saturated carbocycles. The maximum atomic E-state index is 11.0. The fraction of sp³-hybridized carbons (Fsp3) is 0.286. The summed E-state index contributed by atoms with van der Waals surface area (Å²) in [6.07, 6.45) is 0. The third-order valence-corrected chi connectivity index (χ3v) is 3.33. The number of rotatable bonds is 3. The van der Waals surface area contributed by atoms with Crippen LogP contribution in [0.1, 0.15) is 5.69 Å². The Bertz CT molecular complexity index is 350. The topological polar surface area (TPSA) is 85.1 Å². The number of nitrogens with one attached hydrogen (secondary N) is 1. The van der Waals surface area contributed by atoms with E-state index in [0.717, 1.165) is 10.0 Å². The third-order valence-electron chi connectivity index (χ3n) is 1.19. The van der Waals surface area contributed by atoms with E-state index >= 15 is 0 Å². The first-order chi connectivity index (χ1) is 6.58. The number of nitrogens with zero attached hydrogens (tertiary/aromatic N) is 1. The molecule has 0 aliphatic rings. The van der Waals surface area contributed by atoms with Crippen molar-refractivity contribution in [2.24, 2.45) is 5.73 Å². The molecule has 3 N–H and O–H groups in total. The molecule has 0 spiro atoms. The molecule has 0 atom stereocenters.